The molecule has 1 atom stereocenters. The maximum atomic E-state index is 12.5. The zero-order valence-corrected chi connectivity index (χ0v) is 14.5. The molecular formula is C18H24N6O. The first kappa shape index (κ1) is 17.1. The molecule has 0 radical (unpaired) electrons. The molecular weight excluding hydrogens is 316 g/mol. The number of pyridine rings is 1. The zero-order chi connectivity index (χ0) is 17.5. The van der Waals surface area contributed by atoms with E-state index in [4.69, 9.17) is 0 Å². The Morgan fingerprint density at radius 3 is 2.84 bits per heavy atom. The molecule has 0 bridgehead atoms. The molecule has 1 saturated heterocycles. The lowest BCUT2D eigenvalue weighted by atomic mass is 10.2. The van der Waals surface area contributed by atoms with Crippen LogP contribution in [0.4, 0.5) is 11.8 Å². The van der Waals surface area contributed by atoms with E-state index in [9.17, 15) is 4.79 Å². The molecule has 1 aliphatic rings. The Morgan fingerprint density at radius 2 is 2.08 bits per heavy atom. The van der Waals surface area contributed by atoms with Crippen molar-refractivity contribution < 1.29 is 4.79 Å². The Labute approximate surface area is 147 Å². The molecule has 1 fully saturated rings. The molecule has 1 aliphatic heterocycles. The summed E-state index contributed by atoms with van der Waals surface area (Å²) in [6.07, 6.45) is 7.92. The molecule has 0 aliphatic carbocycles. The van der Waals surface area contributed by atoms with Crippen LogP contribution in [0.3, 0.4) is 0 Å². The van der Waals surface area contributed by atoms with Crippen molar-refractivity contribution >= 4 is 17.7 Å². The Bertz CT molecular complexity index is 676. The van der Waals surface area contributed by atoms with Crippen LogP contribution in [0.2, 0.25) is 0 Å². The Hall–Kier alpha value is -2.70. The third-order valence-corrected chi connectivity index (χ3v) is 4.23. The predicted octanol–water partition coefficient (Wildman–Crippen LogP) is 1.77. The van der Waals surface area contributed by atoms with Gasteiger partial charge in [0.15, 0.2) is 0 Å². The summed E-state index contributed by atoms with van der Waals surface area (Å²) in [4.78, 5) is 27.3. The summed E-state index contributed by atoms with van der Waals surface area (Å²) in [6.45, 7) is 4.24. The summed E-state index contributed by atoms with van der Waals surface area (Å²) in [6, 6.07) is 5.60. The number of aromatic nitrogens is 3. The molecule has 0 aromatic carbocycles. The Kier molecular flexibility index (Phi) is 5.77. The molecule has 0 spiro atoms. The van der Waals surface area contributed by atoms with Crippen LogP contribution >= 0.6 is 0 Å². The predicted molar refractivity (Wildman–Crippen MR) is 97.5 cm³/mol. The fourth-order valence-electron chi connectivity index (χ4n) is 2.92. The summed E-state index contributed by atoms with van der Waals surface area (Å²) in [7, 11) is 0. The van der Waals surface area contributed by atoms with Crippen LogP contribution in [0.5, 0.6) is 0 Å². The first-order chi connectivity index (χ1) is 12.2. The minimum atomic E-state index is -0.172. The fourth-order valence-corrected chi connectivity index (χ4v) is 2.92. The molecule has 25 heavy (non-hydrogen) atoms. The highest BCUT2D eigenvalue weighted by Crippen LogP contribution is 2.21. The van der Waals surface area contributed by atoms with Crippen molar-refractivity contribution in [2.75, 3.05) is 29.9 Å². The van der Waals surface area contributed by atoms with Crippen molar-refractivity contribution in [3.8, 4) is 0 Å². The van der Waals surface area contributed by atoms with E-state index in [0.717, 1.165) is 43.7 Å². The highest BCUT2D eigenvalue weighted by molar-refractivity contribution is 5.85. The number of hydrogen-bond donors (Lipinski definition) is 2. The monoisotopic (exact) mass is 340 g/mol. The smallest absolute Gasteiger partial charge is 0.242 e. The summed E-state index contributed by atoms with van der Waals surface area (Å²) < 4.78 is 0. The molecule has 3 heterocycles. The first-order valence-corrected chi connectivity index (χ1v) is 8.72. The molecule has 2 aromatic heterocycles. The summed E-state index contributed by atoms with van der Waals surface area (Å²) in [5.41, 5.74) is 1.14. The van der Waals surface area contributed by atoms with Gasteiger partial charge in [-0.2, -0.15) is 0 Å². The fraction of sp³-hybridized carbons (Fsp3) is 0.444. The lowest BCUT2D eigenvalue weighted by Crippen LogP contribution is -2.44. The van der Waals surface area contributed by atoms with E-state index in [1.165, 1.54) is 0 Å². The molecule has 0 unspecified atom stereocenters. The van der Waals surface area contributed by atoms with Crippen LogP contribution in [-0.2, 0) is 4.79 Å². The van der Waals surface area contributed by atoms with E-state index < -0.39 is 0 Å². The number of amides is 1. The molecule has 7 nitrogen and oxygen atoms in total. The lowest BCUT2D eigenvalue weighted by molar-refractivity contribution is -0.122. The number of anilines is 2. The number of aryl methyl sites for hydroxylation is 1. The molecule has 132 valence electrons. The van der Waals surface area contributed by atoms with Crippen LogP contribution in [-0.4, -0.2) is 46.5 Å². The molecule has 2 N–H and O–H groups in total. The second kappa shape index (κ2) is 8.41. The number of carbonyl (C=O) groups excluding carboxylic acids is 1. The topological polar surface area (TPSA) is 83.0 Å². The Balaban J connectivity index is 1.40. The zero-order valence-electron chi connectivity index (χ0n) is 14.5. The van der Waals surface area contributed by atoms with Crippen molar-refractivity contribution in [2.24, 2.45) is 0 Å². The van der Waals surface area contributed by atoms with Crippen LogP contribution in [0.15, 0.2) is 36.8 Å². The number of nitrogens with zero attached hydrogens (tertiary/aromatic N) is 4. The van der Waals surface area contributed by atoms with Crippen LogP contribution in [0, 0.1) is 6.92 Å². The van der Waals surface area contributed by atoms with E-state index in [1.54, 1.807) is 18.5 Å². The van der Waals surface area contributed by atoms with Gasteiger partial charge in [0.05, 0.1) is 0 Å². The second-order valence-electron chi connectivity index (χ2n) is 6.19. The average Bonchev–Trinajstić information content (AvgIpc) is 3.13. The minimum Gasteiger partial charge on any atom is -0.370 e. The van der Waals surface area contributed by atoms with Crippen molar-refractivity contribution in [1.82, 2.24) is 20.3 Å². The quantitative estimate of drug-likeness (QED) is 0.748. The van der Waals surface area contributed by atoms with Crippen LogP contribution in [0.25, 0.3) is 0 Å². The van der Waals surface area contributed by atoms with Gasteiger partial charge in [-0.05, 0) is 43.9 Å². The first-order valence-electron chi connectivity index (χ1n) is 8.72. The molecule has 3 rings (SSSR count). The summed E-state index contributed by atoms with van der Waals surface area (Å²) >= 11 is 0. The van der Waals surface area contributed by atoms with Crippen LogP contribution < -0.4 is 15.5 Å². The largest absolute Gasteiger partial charge is 0.370 e. The van der Waals surface area contributed by atoms with Gasteiger partial charge in [-0.25, -0.2) is 15.0 Å². The average molecular weight is 340 g/mol. The third kappa shape index (κ3) is 4.65. The van der Waals surface area contributed by atoms with E-state index >= 15 is 0 Å². The maximum absolute atomic E-state index is 12.5. The number of rotatable bonds is 7. The lowest BCUT2D eigenvalue weighted by Gasteiger charge is -2.23. The minimum absolute atomic E-state index is 0.0541. The van der Waals surface area contributed by atoms with Gasteiger partial charge >= 0.3 is 0 Å². The standard InChI is InChI=1S/C18H24N6O/c1-14-6-7-16(23-13-14)19-8-3-9-20-17(25)15-5-2-12-24(15)18-21-10-4-11-22-18/h4,6-7,10-11,13,15H,2-3,5,8-9,12H2,1H3,(H,19,23)(H,20,25)/t15-/m1/s1. The van der Waals surface area contributed by atoms with E-state index in [0.29, 0.717) is 12.5 Å². The van der Waals surface area contributed by atoms with Crippen molar-refractivity contribution in [1.29, 1.82) is 0 Å². The number of hydrogen-bond acceptors (Lipinski definition) is 6. The second-order valence-corrected chi connectivity index (χ2v) is 6.19. The number of carbonyl (C=O) groups is 1. The SMILES string of the molecule is Cc1ccc(NCCCNC(=O)[C@H]2CCCN2c2ncccn2)nc1. The van der Waals surface area contributed by atoms with Crippen LogP contribution in [0.1, 0.15) is 24.8 Å². The van der Waals surface area contributed by atoms with Crippen molar-refractivity contribution in [3.05, 3.63) is 42.4 Å². The van der Waals surface area contributed by atoms with Gasteiger partial charge in [0.25, 0.3) is 0 Å². The summed E-state index contributed by atoms with van der Waals surface area (Å²) in [5, 5.41) is 6.28. The van der Waals surface area contributed by atoms with Crippen molar-refractivity contribution in [3.63, 3.8) is 0 Å². The van der Waals surface area contributed by atoms with Gasteiger partial charge < -0.3 is 15.5 Å². The molecule has 2 aromatic rings. The summed E-state index contributed by atoms with van der Waals surface area (Å²) in [5.74, 6) is 1.55. The number of nitrogens with one attached hydrogen (secondary N) is 2. The van der Waals surface area contributed by atoms with Gasteiger partial charge in [-0.1, -0.05) is 6.07 Å². The molecule has 7 heteroatoms. The normalized spacial score (nSPS) is 16.7. The van der Waals surface area contributed by atoms with Gasteiger partial charge in [0.2, 0.25) is 11.9 Å². The Morgan fingerprint density at radius 1 is 1.24 bits per heavy atom. The third-order valence-electron chi connectivity index (χ3n) is 4.23. The maximum Gasteiger partial charge on any atom is 0.242 e. The highest BCUT2D eigenvalue weighted by atomic mass is 16.2. The van der Waals surface area contributed by atoms with Gasteiger partial charge in [0, 0.05) is 38.2 Å². The molecule has 1 amide bonds. The van der Waals surface area contributed by atoms with E-state index in [-0.39, 0.29) is 11.9 Å². The van der Waals surface area contributed by atoms with Crippen molar-refractivity contribution in [2.45, 2.75) is 32.2 Å². The van der Waals surface area contributed by atoms with Gasteiger partial charge in [-0.15, -0.1) is 0 Å². The van der Waals surface area contributed by atoms with E-state index in [2.05, 4.69) is 25.6 Å². The highest BCUT2D eigenvalue weighted by Gasteiger charge is 2.31. The van der Waals surface area contributed by atoms with Gasteiger partial charge in [0.1, 0.15) is 11.9 Å². The molecule has 0 saturated carbocycles. The van der Waals surface area contributed by atoms with E-state index in [1.807, 2.05) is 30.2 Å². The van der Waals surface area contributed by atoms with Gasteiger partial charge in [-0.3, -0.25) is 4.79 Å².